The van der Waals surface area contributed by atoms with Gasteiger partial charge in [0.25, 0.3) is 5.91 Å². The standard InChI is InChI=1S/C23H27N5O4S/c1-3-16-13-15(11-12-28(16)23(30)31)24-21-26-27-22(33-21)25-20(29)19-17-8-6-5-7-14(17)9-10-18(19)32-4-2/h5-10,15-16H,3-4,11-13H2,1-2H3,(H,24,26)(H,30,31)(H,25,27,29)/p-1. The maximum absolute atomic E-state index is 13.2. The molecule has 1 aliphatic rings. The Morgan fingerprint density at radius 2 is 1.97 bits per heavy atom. The van der Waals surface area contributed by atoms with Crippen LogP contribution in [-0.2, 0) is 0 Å². The minimum atomic E-state index is -1.12. The Labute approximate surface area is 195 Å². The Kier molecular flexibility index (Phi) is 6.93. The van der Waals surface area contributed by atoms with Crippen LogP contribution in [0, 0.1) is 0 Å². The highest BCUT2D eigenvalue weighted by atomic mass is 32.1. The molecule has 0 bridgehead atoms. The maximum atomic E-state index is 13.2. The van der Waals surface area contributed by atoms with E-state index in [2.05, 4.69) is 20.8 Å². The van der Waals surface area contributed by atoms with Gasteiger partial charge < -0.3 is 24.9 Å². The van der Waals surface area contributed by atoms with Crippen LogP contribution in [0.15, 0.2) is 36.4 Å². The molecule has 2 N–H and O–H groups in total. The first-order valence-electron chi connectivity index (χ1n) is 11.0. The monoisotopic (exact) mass is 468 g/mol. The van der Waals surface area contributed by atoms with E-state index < -0.39 is 6.09 Å². The Hall–Kier alpha value is -3.40. The lowest BCUT2D eigenvalue weighted by Gasteiger charge is -2.40. The van der Waals surface area contributed by atoms with Gasteiger partial charge in [0.05, 0.1) is 12.2 Å². The van der Waals surface area contributed by atoms with Gasteiger partial charge in [0.15, 0.2) is 0 Å². The molecule has 1 aromatic heterocycles. The van der Waals surface area contributed by atoms with E-state index >= 15 is 0 Å². The molecule has 2 unspecified atom stereocenters. The SMILES string of the molecule is CCOc1ccc2ccccc2c1C(=O)Nc1nnc(NC2CCN(C(=O)[O-])C(CC)C2)s1. The molecule has 1 fully saturated rings. The number of piperidine rings is 1. The second-order valence-corrected chi connectivity index (χ2v) is 8.82. The van der Waals surface area contributed by atoms with E-state index in [1.807, 2.05) is 44.2 Å². The first-order valence-corrected chi connectivity index (χ1v) is 11.8. The van der Waals surface area contributed by atoms with Crippen molar-refractivity contribution in [3.8, 4) is 5.75 Å². The van der Waals surface area contributed by atoms with Crippen LogP contribution in [0.2, 0.25) is 0 Å². The van der Waals surface area contributed by atoms with Gasteiger partial charge in [-0.3, -0.25) is 10.1 Å². The molecule has 3 aromatic rings. The molecule has 1 aliphatic heterocycles. The minimum Gasteiger partial charge on any atom is -0.530 e. The van der Waals surface area contributed by atoms with E-state index in [-0.39, 0.29) is 18.0 Å². The Morgan fingerprint density at radius 3 is 2.73 bits per heavy atom. The Morgan fingerprint density at radius 1 is 1.18 bits per heavy atom. The summed E-state index contributed by atoms with van der Waals surface area (Å²) in [5, 5.41) is 28.4. The summed E-state index contributed by atoms with van der Waals surface area (Å²) >= 11 is 1.24. The molecule has 0 saturated carbocycles. The van der Waals surface area contributed by atoms with Crippen molar-refractivity contribution in [2.24, 2.45) is 0 Å². The van der Waals surface area contributed by atoms with Crippen LogP contribution in [0.3, 0.4) is 0 Å². The summed E-state index contributed by atoms with van der Waals surface area (Å²) < 4.78 is 5.70. The molecule has 0 radical (unpaired) electrons. The molecule has 0 spiro atoms. The molecule has 2 atom stereocenters. The molecule has 174 valence electrons. The summed E-state index contributed by atoms with van der Waals surface area (Å²) in [5.74, 6) is 0.202. The molecule has 2 amide bonds. The smallest absolute Gasteiger partial charge is 0.261 e. The third-order valence-electron chi connectivity index (χ3n) is 5.81. The van der Waals surface area contributed by atoms with Crippen molar-refractivity contribution < 1.29 is 19.4 Å². The summed E-state index contributed by atoms with van der Waals surface area (Å²) in [6.07, 6.45) is 0.913. The molecule has 0 aliphatic carbocycles. The highest BCUT2D eigenvalue weighted by Crippen LogP contribution is 2.31. The molecule has 33 heavy (non-hydrogen) atoms. The second-order valence-electron chi connectivity index (χ2n) is 7.85. The molecule has 9 nitrogen and oxygen atoms in total. The van der Waals surface area contributed by atoms with Crippen molar-refractivity contribution in [3.63, 3.8) is 0 Å². The van der Waals surface area contributed by atoms with Crippen molar-refractivity contribution >= 4 is 44.4 Å². The van der Waals surface area contributed by atoms with Gasteiger partial charge in [0.1, 0.15) is 11.8 Å². The predicted molar refractivity (Wildman–Crippen MR) is 126 cm³/mol. The number of rotatable bonds is 7. The first-order chi connectivity index (χ1) is 16.0. The minimum absolute atomic E-state index is 0.0738. The lowest BCUT2D eigenvalue weighted by molar-refractivity contribution is -0.269. The fourth-order valence-electron chi connectivity index (χ4n) is 4.24. The van der Waals surface area contributed by atoms with Crippen LogP contribution in [-0.4, -0.2) is 52.3 Å². The third-order valence-corrected chi connectivity index (χ3v) is 6.58. The average molecular weight is 469 g/mol. The van der Waals surface area contributed by atoms with Gasteiger partial charge in [0.2, 0.25) is 10.3 Å². The second kappa shape index (κ2) is 10.0. The van der Waals surface area contributed by atoms with Gasteiger partial charge in [0, 0.05) is 18.6 Å². The van der Waals surface area contributed by atoms with Crippen LogP contribution >= 0.6 is 11.3 Å². The number of nitrogens with zero attached hydrogens (tertiary/aromatic N) is 3. The largest absolute Gasteiger partial charge is 0.530 e. The normalized spacial score (nSPS) is 18.2. The lowest BCUT2D eigenvalue weighted by Crippen LogP contribution is -2.53. The number of carbonyl (C=O) groups excluding carboxylic acids is 2. The van der Waals surface area contributed by atoms with Crippen molar-refractivity contribution in [2.45, 2.75) is 45.2 Å². The first kappa shape index (κ1) is 22.8. The zero-order valence-electron chi connectivity index (χ0n) is 18.5. The number of anilines is 2. The number of hydrogen-bond donors (Lipinski definition) is 2. The van der Waals surface area contributed by atoms with Gasteiger partial charge in [-0.2, -0.15) is 0 Å². The molecular formula is C23H26N5O4S-. The molecule has 4 rings (SSSR count). The van der Waals surface area contributed by atoms with Crippen LogP contribution in [0.1, 0.15) is 43.5 Å². The number of benzene rings is 2. The number of aromatic nitrogens is 2. The van der Waals surface area contributed by atoms with E-state index in [4.69, 9.17) is 4.74 Å². The zero-order valence-corrected chi connectivity index (χ0v) is 19.4. The Balaban J connectivity index is 1.47. The molecule has 2 aromatic carbocycles. The molecule has 1 saturated heterocycles. The zero-order chi connectivity index (χ0) is 23.4. The molecule has 10 heteroatoms. The van der Waals surface area contributed by atoms with Crippen molar-refractivity contribution in [2.75, 3.05) is 23.8 Å². The topological polar surface area (TPSA) is 120 Å². The number of carbonyl (C=O) groups is 2. The van der Waals surface area contributed by atoms with Crippen LogP contribution in [0.4, 0.5) is 15.1 Å². The quantitative estimate of drug-likeness (QED) is 0.546. The summed E-state index contributed by atoms with van der Waals surface area (Å²) in [4.78, 5) is 25.8. The summed E-state index contributed by atoms with van der Waals surface area (Å²) in [6.45, 7) is 4.70. The van der Waals surface area contributed by atoms with Crippen molar-refractivity contribution in [3.05, 3.63) is 42.0 Å². The summed E-state index contributed by atoms with van der Waals surface area (Å²) in [5.41, 5.74) is 0.458. The number of ether oxygens (including phenoxy) is 1. The Bertz CT molecular complexity index is 1150. The summed E-state index contributed by atoms with van der Waals surface area (Å²) in [6, 6.07) is 11.4. The number of hydrogen-bond acceptors (Lipinski definition) is 8. The van der Waals surface area contributed by atoms with Gasteiger partial charge in [-0.1, -0.05) is 48.6 Å². The van der Waals surface area contributed by atoms with E-state index in [9.17, 15) is 14.7 Å². The predicted octanol–water partition coefficient (Wildman–Crippen LogP) is 3.34. The van der Waals surface area contributed by atoms with Crippen LogP contribution in [0.25, 0.3) is 10.8 Å². The van der Waals surface area contributed by atoms with Gasteiger partial charge in [-0.25, -0.2) is 0 Å². The van der Waals surface area contributed by atoms with Crippen LogP contribution < -0.4 is 20.5 Å². The lowest BCUT2D eigenvalue weighted by atomic mass is 9.96. The van der Waals surface area contributed by atoms with Crippen molar-refractivity contribution in [1.82, 2.24) is 15.1 Å². The molecule has 2 heterocycles. The fourth-order valence-corrected chi connectivity index (χ4v) is 4.95. The van der Waals surface area contributed by atoms with E-state index in [0.717, 1.165) is 17.2 Å². The van der Waals surface area contributed by atoms with E-state index in [1.54, 1.807) is 6.07 Å². The highest BCUT2D eigenvalue weighted by molar-refractivity contribution is 7.19. The van der Waals surface area contributed by atoms with E-state index in [0.29, 0.717) is 47.6 Å². The van der Waals surface area contributed by atoms with E-state index in [1.165, 1.54) is 16.2 Å². The fraction of sp³-hybridized carbons (Fsp3) is 0.391. The van der Waals surface area contributed by atoms with Gasteiger partial charge in [-0.15, -0.1) is 10.2 Å². The van der Waals surface area contributed by atoms with Gasteiger partial charge in [-0.05, 0) is 43.0 Å². The van der Waals surface area contributed by atoms with Crippen LogP contribution in [0.5, 0.6) is 5.75 Å². The number of carboxylic acid groups (broad SMARTS) is 1. The number of amides is 2. The number of nitrogens with one attached hydrogen (secondary N) is 2. The maximum Gasteiger partial charge on any atom is 0.261 e. The summed E-state index contributed by atoms with van der Waals surface area (Å²) in [7, 11) is 0. The van der Waals surface area contributed by atoms with Gasteiger partial charge >= 0.3 is 0 Å². The number of likely N-dealkylation sites (tertiary alicyclic amines) is 1. The average Bonchev–Trinajstić information content (AvgIpc) is 3.25. The number of fused-ring (bicyclic) bond motifs is 1. The van der Waals surface area contributed by atoms with Crippen molar-refractivity contribution in [1.29, 1.82) is 0 Å². The highest BCUT2D eigenvalue weighted by Gasteiger charge is 2.28. The third kappa shape index (κ3) is 5.00. The molecular weight excluding hydrogens is 442 g/mol.